The maximum absolute atomic E-state index is 12.7. The standard InChI is InChI=1S/C23H29N3O4/c1-7-26(15(2)3)18-10-8-16(9-11-18)23(27)25-19(14-24)17-12-20(28-4)22(30-6)21(13-17)29-5/h8-13,15,19H,7H2,1-6H3,(H,25,27). The average molecular weight is 412 g/mol. The van der Waals surface area contributed by atoms with Crippen LogP contribution in [0.5, 0.6) is 17.2 Å². The van der Waals surface area contributed by atoms with Gasteiger partial charge in [0.25, 0.3) is 5.91 Å². The summed E-state index contributed by atoms with van der Waals surface area (Å²) < 4.78 is 16.0. The van der Waals surface area contributed by atoms with Crippen molar-refractivity contribution in [2.75, 3.05) is 32.8 Å². The van der Waals surface area contributed by atoms with Crippen LogP contribution in [-0.2, 0) is 0 Å². The molecule has 30 heavy (non-hydrogen) atoms. The van der Waals surface area contributed by atoms with Gasteiger partial charge in [-0.1, -0.05) is 0 Å². The number of hydrogen-bond acceptors (Lipinski definition) is 6. The molecule has 0 aliphatic rings. The first-order valence-electron chi connectivity index (χ1n) is 9.77. The second-order valence-electron chi connectivity index (χ2n) is 6.92. The van der Waals surface area contributed by atoms with Gasteiger partial charge in [-0.3, -0.25) is 4.79 Å². The van der Waals surface area contributed by atoms with E-state index >= 15 is 0 Å². The number of carbonyl (C=O) groups excluding carboxylic acids is 1. The topological polar surface area (TPSA) is 83.8 Å². The second-order valence-corrected chi connectivity index (χ2v) is 6.92. The van der Waals surface area contributed by atoms with Gasteiger partial charge >= 0.3 is 0 Å². The van der Waals surface area contributed by atoms with E-state index in [0.717, 1.165) is 12.2 Å². The van der Waals surface area contributed by atoms with E-state index < -0.39 is 6.04 Å². The van der Waals surface area contributed by atoms with Crippen LogP contribution in [0.1, 0.15) is 42.7 Å². The van der Waals surface area contributed by atoms with Crippen molar-refractivity contribution in [1.82, 2.24) is 5.32 Å². The van der Waals surface area contributed by atoms with Crippen molar-refractivity contribution >= 4 is 11.6 Å². The molecular weight excluding hydrogens is 382 g/mol. The maximum Gasteiger partial charge on any atom is 0.252 e. The summed E-state index contributed by atoms with van der Waals surface area (Å²) in [5.74, 6) is 0.917. The zero-order valence-electron chi connectivity index (χ0n) is 18.4. The number of amides is 1. The van der Waals surface area contributed by atoms with Crippen molar-refractivity contribution in [1.29, 1.82) is 5.26 Å². The minimum Gasteiger partial charge on any atom is -0.493 e. The Bertz CT molecular complexity index is 879. The molecule has 0 bridgehead atoms. The molecule has 7 heteroatoms. The summed E-state index contributed by atoms with van der Waals surface area (Å²) in [6, 6.07) is 12.3. The fourth-order valence-corrected chi connectivity index (χ4v) is 3.32. The molecule has 0 heterocycles. The first-order chi connectivity index (χ1) is 14.4. The molecule has 0 saturated heterocycles. The molecule has 0 saturated carbocycles. The van der Waals surface area contributed by atoms with E-state index in [1.807, 2.05) is 12.1 Å². The highest BCUT2D eigenvalue weighted by Crippen LogP contribution is 2.39. The molecule has 2 rings (SSSR count). The average Bonchev–Trinajstić information content (AvgIpc) is 2.76. The number of nitriles is 1. The SMILES string of the molecule is CCN(c1ccc(C(=O)NC(C#N)c2cc(OC)c(OC)c(OC)c2)cc1)C(C)C. The molecule has 0 aromatic heterocycles. The number of nitrogens with zero attached hydrogens (tertiary/aromatic N) is 2. The van der Waals surface area contributed by atoms with Crippen LogP contribution in [0.3, 0.4) is 0 Å². The molecule has 0 aliphatic heterocycles. The predicted octanol–water partition coefficient (Wildman–Crippen LogP) is 3.94. The highest BCUT2D eigenvalue weighted by Gasteiger charge is 2.21. The third-order valence-corrected chi connectivity index (χ3v) is 4.85. The molecule has 0 radical (unpaired) electrons. The molecule has 2 aromatic rings. The van der Waals surface area contributed by atoms with E-state index in [1.165, 1.54) is 21.3 Å². The van der Waals surface area contributed by atoms with Crippen LogP contribution in [0.25, 0.3) is 0 Å². The predicted molar refractivity (Wildman–Crippen MR) is 117 cm³/mol. The van der Waals surface area contributed by atoms with E-state index in [1.54, 1.807) is 24.3 Å². The summed E-state index contributed by atoms with van der Waals surface area (Å²) in [7, 11) is 4.50. The number of rotatable bonds is 9. The number of hydrogen-bond donors (Lipinski definition) is 1. The van der Waals surface area contributed by atoms with Crippen molar-refractivity contribution in [3.05, 3.63) is 47.5 Å². The monoisotopic (exact) mass is 411 g/mol. The molecule has 0 spiro atoms. The lowest BCUT2D eigenvalue weighted by atomic mass is 10.1. The molecule has 2 aromatic carbocycles. The van der Waals surface area contributed by atoms with E-state index in [9.17, 15) is 10.1 Å². The number of benzene rings is 2. The van der Waals surface area contributed by atoms with Crippen molar-refractivity contribution in [3.63, 3.8) is 0 Å². The fraction of sp³-hybridized carbons (Fsp3) is 0.391. The van der Waals surface area contributed by atoms with Crippen LogP contribution < -0.4 is 24.4 Å². The van der Waals surface area contributed by atoms with Gasteiger partial charge in [-0.2, -0.15) is 5.26 Å². The Balaban J connectivity index is 2.26. The molecule has 160 valence electrons. The van der Waals surface area contributed by atoms with Gasteiger partial charge in [0.1, 0.15) is 6.04 Å². The van der Waals surface area contributed by atoms with Crippen LogP contribution in [0, 0.1) is 11.3 Å². The Labute approximate surface area is 178 Å². The normalized spacial score (nSPS) is 11.4. The first kappa shape index (κ1) is 22.9. The lowest BCUT2D eigenvalue weighted by Gasteiger charge is -2.27. The van der Waals surface area contributed by atoms with E-state index in [4.69, 9.17) is 14.2 Å². The highest BCUT2D eigenvalue weighted by molar-refractivity contribution is 5.95. The largest absolute Gasteiger partial charge is 0.493 e. The first-order valence-corrected chi connectivity index (χ1v) is 9.77. The number of methoxy groups -OCH3 is 3. The minimum absolute atomic E-state index is 0.338. The maximum atomic E-state index is 12.7. The molecule has 0 fully saturated rings. The minimum atomic E-state index is -0.881. The highest BCUT2D eigenvalue weighted by atomic mass is 16.5. The summed E-state index contributed by atoms with van der Waals surface area (Å²) >= 11 is 0. The Hall–Kier alpha value is -3.40. The molecule has 0 aliphatic carbocycles. The molecule has 1 atom stereocenters. The van der Waals surface area contributed by atoms with Crippen molar-refractivity contribution < 1.29 is 19.0 Å². The molecule has 7 nitrogen and oxygen atoms in total. The van der Waals surface area contributed by atoms with Crippen LogP contribution in [0.4, 0.5) is 5.69 Å². The van der Waals surface area contributed by atoms with Crippen molar-refractivity contribution in [2.24, 2.45) is 0 Å². The van der Waals surface area contributed by atoms with E-state index in [2.05, 4.69) is 37.1 Å². The lowest BCUT2D eigenvalue weighted by Crippen LogP contribution is -2.30. The Morgan fingerprint density at radius 3 is 2.03 bits per heavy atom. The van der Waals surface area contributed by atoms with Gasteiger partial charge in [-0.25, -0.2) is 0 Å². The lowest BCUT2D eigenvalue weighted by molar-refractivity contribution is 0.0945. The number of carbonyl (C=O) groups is 1. The van der Waals surface area contributed by atoms with Gasteiger partial charge < -0.3 is 24.4 Å². The van der Waals surface area contributed by atoms with Gasteiger partial charge in [-0.15, -0.1) is 0 Å². The van der Waals surface area contributed by atoms with Gasteiger partial charge in [0.05, 0.1) is 27.4 Å². The van der Waals surface area contributed by atoms with E-state index in [-0.39, 0.29) is 5.91 Å². The molecular formula is C23H29N3O4. The zero-order valence-corrected chi connectivity index (χ0v) is 18.4. The van der Waals surface area contributed by atoms with Gasteiger partial charge in [0, 0.05) is 23.8 Å². The molecule has 1 unspecified atom stereocenters. The van der Waals surface area contributed by atoms with Crippen LogP contribution >= 0.6 is 0 Å². The Morgan fingerprint density at radius 2 is 1.63 bits per heavy atom. The van der Waals surface area contributed by atoms with Crippen LogP contribution in [0.2, 0.25) is 0 Å². The van der Waals surface area contributed by atoms with Crippen LogP contribution in [-0.4, -0.2) is 39.8 Å². The molecule has 1 N–H and O–H groups in total. The molecule has 1 amide bonds. The Kier molecular flexibility index (Phi) is 7.93. The van der Waals surface area contributed by atoms with Gasteiger partial charge in [-0.05, 0) is 62.7 Å². The van der Waals surface area contributed by atoms with Crippen molar-refractivity contribution in [2.45, 2.75) is 32.9 Å². The fourth-order valence-electron chi connectivity index (χ4n) is 3.32. The summed E-state index contributed by atoms with van der Waals surface area (Å²) in [6.45, 7) is 7.22. The summed E-state index contributed by atoms with van der Waals surface area (Å²) in [4.78, 5) is 15.0. The van der Waals surface area contributed by atoms with Gasteiger partial charge in [0.15, 0.2) is 11.5 Å². The van der Waals surface area contributed by atoms with Crippen LogP contribution in [0.15, 0.2) is 36.4 Å². The third kappa shape index (κ3) is 4.95. The Morgan fingerprint density at radius 1 is 1.07 bits per heavy atom. The number of ether oxygens (including phenoxy) is 3. The quantitative estimate of drug-likeness (QED) is 0.673. The number of anilines is 1. The zero-order chi connectivity index (χ0) is 22.3. The van der Waals surface area contributed by atoms with Crippen molar-refractivity contribution in [3.8, 4) is 23.3 Å². The second kappa shape index (κ2) is 10.4. The van der Waals surface area contributed by atoms with Gasteiger partial charge in [0.2, 0.25) is 5.75 Å². The summed E-state index contributed by atoms with van der Waals surface area (Å²) in [5, 5.41) is 12.4. The summed E-state index contributed by atoms with van der Waals surface area (Å²) in [5.41, 5.74) is 2.06. The summed E-state index contributed by atoms with van der Waals surface area (Å²) in [6.07, 6.45) is 0. The third-order valence-electron chi connectivity index (χ3n) is 4.85. The van der Waals surface area contributed by atoms with E-state index in [0.29, 0.717) is 34.4 Å². The number of nitrogens with one attached hydrogen (secondary N) is 1. The smallest absolute Gasteiger partial charge is 0.252 e.